The summed E-state index contributed by atoms with van der Waals surface area (Å²) < 4.78 is 28.9. The molecule has 7 heteroatoms. The first-order valence-electron chi connectivity index (χ1n) is 6.14. The summed E-state index contributed by atoms with van der Waals surface area (Å²) in [6.07, 6.45) is 3.15. The molecule has 1 aliphatic carbocycles. The number of pyridine rings is 1. The molecule has 0 amide bonds. The number of aryl methyl sites for hydroxylation is 2. The van der Waals surface area contributed by atoms with E-state index in [1.165, 1.54) is 6.20 Å². The fourth-order valence-corrected chi connectivity index (χ4v) is 3.54. The van der Waals surface area contributed by atoms with Crippen LogP contribution in [-0.2, 0) is 17.1 Å². The third-order valence-electron chi connectivity index (χ3n) is 3.53. The van der Waals surface area contributed by atoms with Crippen molar-refractivity contribution in [3.05, 3.63) is 18.0 Å². The first-order valence-corrected chi connectivity index (χ1v) is 7.62. The van der Waals surface area contributed by atoms with Crippen molar-refractivity contribution < 1.29 is 8.42 Å². The van der Waals surface area contributed by atoms with Gasteiger partial charge in [-0.1, -0.05) is 0 Å². The van der Waals surface area contributed by atoms with E-state index in [-0.39, 0.29) is 10.4 Å². The van der Waals surface area contributed by atoms with Gasteiger partial charge in [-0.15, -0.1) is 0 Å². The second kappa shape index (κ2) is 3.77. The zero-order chi connectivity index (χ0) is 13.8. The monoisotopic (exact) mass is 280 g/mol. The number of nitrogens with one attached hydrogen (secondary N) is 1. The van der Waals surface area contributed by atoms with E-state index in [9.17, 15) is 8.42 Å². The van der Waals surface area contributed by atoms with Gasteiger partial charge in [-0.3, -0.25) is 4.68 Å². The fourth-order valence-electron chi connectivity index (χ4n) is 2.11. The molecule has 2 aromatic heterocycles. The quantitative estimate of drug-likeness (QED) is 0.913. The van der Waals surface area contributed by atoms with Crippen LogP contribution in [0.3, 0.4) is 0 Å². The van der Waals surface area contributed by atoms with Crippen LogP contribution in [-0.4, -0.2) is 28.7 Å². The van der Waals surface area contributed by atoms with Crippen molar-refractivity contribution in [3.63, 3.8) is 0 Å². The number of hydrogen-bond acceptors (Lipinski definition) is 4. The molecular weight excluding hydrogens is 264 g/mol. The summed E-state index contributed by atoms with van der Waals surface area (Å²) in [6.45, 7) is 3.75. The maximum Gasteiger partial charge on any atom is 0.242 e. The lowest BCUT2D eigenvalue weighted by Crippen LogP contribution is -2.34. The maximum atomic E-state index is 12.3. The largest absolute Gasteiger partial charge is 0.250 e. The molecule has 102 valence electrons. The van der Waals surface area contributed by atoms with Gasteiger partial charge in [-0.05, 0) is 32.8 Å². The lowest BCUT2D eigenvalue weighted by atomic mass is 10.3. The standard InChI is InChI=1S/C12H16N4O2S/c1-8-10-6-9(7-13-11(10)16(3)14-8)19(17,18)15-12(2)4-5-12/h6-7,15H,4-5H2,1-3H3. The molecule has 1 N–H and O–H groups in total. The zero-order valence-electron chi connectivity index (χ0n) is 11.1. The Morgan fingerprint density at radius 2 is 2.11 bits per heavy atom. The smallest absolute Gasteiger partial charge is 0.242 e. The summed E-state index contributed by atoms with van der Waals surface area (Å²) in [5, 5.41) is 5.01. The Morgan fingerprint density at radius 3 is 2.74 bits per heavy atom. The Hall–Kier alpha value is -1.47. The molecule has 6 nitrogen and oxygen atoms in total. The van der Waals surface area contributed by atoms with Gasteiger partial charge in [0.05, 0.1) is 5.69 Å². The predicted octanol–water partition coefficient (Wildman–Crippen LogP) is 1.11. The molecule has 0 saturated heterocycles. The second-order valence-electron chi connectivity index (χ2n) is 5.42. The van der Waals surface area contributed by atoms with E-state index >= 15 is 0 Å². The van der Waals surface area contributed by atoms with Gasteiger partial charge in [0.15, 0.2) is 5.65 Å². The minimum absolute atomic E-state index is 0.198. The molecule has 0 radical (unpaired) electrons. The molecule has 2 heterocycles. The molecule has 1 fully saturated rings. The van der Waals surface area contributed by atoms with Crippen LogP contribution in [0.5, 0.6) is 0 Å². The van der Waals surface area contributed by atoms with Crippen LogP contribution in [0.4, 0.5) is 0 Å². The van der Waals surface area contributed by atoms with E-state index in [1.54, 1.807) is 17.8 Å². The van der Waals surface area contributed by atoms with E-state index in [0.717, 1.165) is 23.9 Å². The Bertz CT molecular complexity index is 759. The predicted molar refractivity (Wildman–Crippen MR) is 71.2 cm³/mol. The van der Waals surface area contributed by atoms with Crippen LogP contribution >= 0.6 is 0 Å². The SMILES string of the molecule is Cc1nn(C)c2ncc(S(=O)(=O)NC3(C)CC3)cc12. The van der Waals surface area contributed by atoms with Crippen LogP contribution in [0, 0.1) is 6.92 Å². The zero-order valence-corrected chi connectivity index (χ0v) is 12.0. The molecule has 0 spiro atoms. The lowest BCUT2D eigenvalue weighted by molar-refractivity contribution is 0.558. The maximum absolute atomic E-state index is 12.3. The van der Waals surface area contributed by atoms with Crippen molar-refractivity contribution in [2.75, 3.05) is 0 Å². The van der Waals surface area contributed by atoms with Gasteiger partial charge in [0, 0.05) is 24.2 Å². The molecule has 3 rings (SSSR count). The van der Waals surface area contributed by atoms with Crippen LogP contribution in [0.15, 0.2) is 17.2 Å². The fraction of sp³-hybridized carbons (Fsp3) is 0.500. The van der Waals surface area contributed by atoms with Crippen LogP contribution in [0.2, 0.25) is 0 Å². The molecule has 1 saturated carbocycles. The highest BCUT2D eigenvalue weighted by atomic mass is 32.2. The Kier molecular flexibility index (Phi) is 2.49. The summed E-state index contributed by atoms with van der Waals surface area (Å²) >= 11 is 0. The van der Waals surface area contributed by atoms with Crippen molar-refractivity contribution in [1.82, 2.24) is 19.5 Å². The molecule has 19 heavy (non-hydrogen) atoms. The van der Waals surface area contributed by atoms with Gasteiger partial charge >= 0.3 is 0 Å². The van der Waals surface area contributed by atoms with E-state index in [2.05, 4.69) is 14.8 Å². The first-order chi connectivity index (χ1) is 8.81. The highest BCUT2D eigenvalue weighted by molar-refractivity contribution is 7.89. The van der Waals surface area contributed by atoms with Crippen molar-refractivity contribution in [1.29, 1.82) is 0 Å². The number of aromatic nitrogens is 3. The minimum Gasteiger partial charge on any atom is -0.250 e. The van der Waals surface area contributed by atoms with Crippen LogP contribution in [0.1, 0.15) is 25.5 Å². The average molecular weight is 280 g/mol. The van der Waals surface area contributed by atoms with Gasteiger partial charge in [-0.25, -0.2) is 18.1 Å². The Morgan fingerprint density at radius 1 is 1.42 bits per heavy atom. The van der Waals surface area contributed by atoms with Gasteiger partial charge in [0.1, 0.15) is 4.90 Å². The van der Waals surface area contributed by atoms with E-state index < -0.39 is 10.0 Å². The van der Waals surface area contributed by atoms with Crippen molar-refractivity contribution in [2.24, 2.45) is 7.05 Å². The van der Waals surface area contributed by atoms with Crippen molar-refractivity contribution in [3.8, 4) is 0 Å². The van der Waals surface area contributed by atoms with Gasteiger partial charge < -0.3 is 0 Å². The molecule has 0 bridgehead atoms. The van der Waals surface area contributed by atoms with Crippen LogP contribution in [0.25, 0.3) is 11.0 Å². The summed E-state index contributed by atoms with van der Waals surface area (Å²) in [5.74, 6) is 0. The van der Waals surface area contributed by atoms with Crippen molar-refractivity contribution >= 4 is 21.1 Å². The highest BCUT2D eigenvalue weighted by Crippen LogP contribution is 2.36. The van der Waals surface area contributed by atoms with E-state index in [4.69, 9.17) is 0 Å². The Balaban J connectivity index is 2.08. The van der Waals surface area contributed by atoms with Gasteiger partial charge in [0.25, 0.3) is 0 Å². The molecule has 0 aliphatic heterocycles. The van der Waals surface area contributed by atoms with Crippen molar-refractivity contribution in [2.45, 2.75) is 37.1 Å². The number of nitrogens with zero attached hydrogens (tertiary/aromatic N) is 3. The van der Waals surface area contributed by atoms with Crippen LogP contribution < -0.4 is 4.72 Å². The number of hydrogen-bond donors (Lipinski definition) is 1. The van der Waals surface area contributed by atoms with Gasteiger partial charge in [0.2, 0.25) is 10.0 Å². The minimum atomic E-state index is -3.50. The lowest BCUT2D eigenvalue weighted by Gasteiger charge is -2.11. The van der Waals surface area contributed by atoms with E-state index in [1.807, 2.05) is 13.8 Å². The highest BCUT2D eigenvalue weighted by Gasteiger charge is 2.41. The topological polar surface area (TPSA) is 76.9 Å². The Labute approximate surface area is 111 Å². The molecule has 0 atom stereocenters. The molecule has 0 unspecified atom stereocenters. The summed E-state index contributed by atoms with van der Waals surface area (Å²) in [5.41, 5.74) is 1.19. The summed E-state index contributed by atoms with van der Waals surface area (Å²) in [4.78, 5) is 4.40. The number of rotatable bonds is 3. The number of fused-ring (bicyclic) bond motifs is 1. The summed E-state index contributed by atoms with van der Waals surface area (Å²) in [7, 11) is -1.71. The average Bonchev–Trinajstić information content (AvgIpc) is 2.96. The van der Waals surface area contributed by atoms with Gasteiger partial charge in [-0.2, -0.15) is 5.10 Å². The molecule has 0 aromatic carbocycles. The first kappa shape index (κ1) is 12.6. The third kappa shape index (κ3) is 2.12. The number of sulfonamides is 1. The second-order valence-corrected chi connectivity index (χ2v) is 7.10. The molecular formula is C12H16N4O2S. The van der Waals surface area contributed by atoms with E-state index in [0.29, 0.717) is 5.65 Å². The molecule has 2 aromatic rings. The summed E-state index contributed by atoms with van der Waals surface area (Å²) in [6, 6.07) is 1.64. The third-order valence-corrected chi connectivity index (χ3v) is 5.13. The molecule has 1 aliphatic rings. The normalized spacial score (nSPS) is 17.8.